The summed E-state index contributed by atoms with van der Waals surface area (Å²) in [5, 5.41) is 10.1. The molecule has 23 heavy (non-hydrogen) atoms. The van der Waals surface area contributed by atoms with Gasteiger partial charge in [0.1, 0.15) is 11.6 Å². The summed E-state index contributed by atoms with van der Waals surface area (Å²) in [4.78, 5) is 14.4. The molecule has 1 aromatic carbocycles. The van der Waals surface area contributed by atoms with E-state index in [1.807, 2.05) is 0 Å². The minimum Gasteiger partial charge on any atom is -0.393 e. The summed E-state index contributed by atoms with van der Waals surface area (Å²) in [5.74, 6) is -2.03. The van der Waals surface area contributed by atoms with Crippen molar-refractivity contribution in [3.05, 3.63) is 34.9 Å². The molecule has 0 bridgehead atoms. The molecule has 1 aromatic rings. The van der Waals surface area contributed by atoms with Crippen LogP contribution >= 0.6 is 0 Å². The first-order valence-electron chi connectivity index (χ1n) is 8.01. The molecule has 1 aliphatic heterocycles. The molecule has 1 heterocycles. The first kappa shape index (κ1) is 16.3. The molecule has 0 aromatic heterocycles. The zero-order valence-electron chi connectivity index (χ0n) is 13.1. The fraction of sp³-hybridized carbons (Fsp3) is 0.588. The van der Waals surface area contributed by atoms with Crippen molar-refractivity contribution in [1.82, 2.24) is 4.90 Å². The van der Waals surface area contributed by atoms with Crippen molar-refractivity contribution in [2.75, 3.05) is 19.8 Å². The lowest BCUT2D eigenvalue weighted by Gasteiger charge is -2.40. The van der Waals surface area contributed by atoms with Gasteiger partial charge in [-0.1, -0.05) is 6.42 Å². The molecular weight excluding hydrogens is 304 g/mol. The molecule has 1 saturated carbocycles. The Balaban J connectivity index is 1.88. The first-order valence-corrected chi connectivity index (χ1v) is 8.01. The van der Waals surface area contributed by atoms with Crippen LogP contribution in [0, 0.1) is 24.5 Å². The Hall–Kier alpha value is -1.53. The Bertz CT molecular complexity index is 608. The third-order valence-electron chi connectivity index (χ3n) is 4.93. The van der Waals surface area contributed by atoms with Gasteiger partial charge in [0, 0.05) is 18.5 Å². The Labute approximate surface area is 134 Å². The highest BCUT2D eigenvalue weighted by atomic mass is 19.1. The summed E-state index contributed by atoms with van der Waals surface area (Å²) in [5.41, 5.74) is 0.115. The average molecular weight is 325 g/mol. The van der Waals surface area contributed by atoms with Crippen LogP contribution in [0.1, 0.15) is 35.2 Å². The van der Waals surface area contributed by atoms with Crippen LogP contribution in [-0.2, 0) is 4.74 Å². The number of nitrogens with zero attached hydrogens (tertiary/aromatic N) is 1. The standard InChI is InChI=1S/C17H21F2NO3/c1-10-7-12(14(19)8-13(10)18)17(22)20-5-6-23-9-15(20)11-3-2-4-16(11)21/h7-8,11,15-16,21H,2-6,9H2,1H3/t11-,15-,16+/m1/s1. The van der Waals surface area contributed by atoms with Crippen LogP contribution in [0.25, 0.3) is 0 Å². The fourth-order valence-electron chi connectivity index (χ4n) is 3.62. The van der Waals surface area contributed by atoms with Crippen molar-refractivity contribution in [2.24, 2.45) is 5.92 Å². The monoisotopic (exact) mass is 325 g/mol. The molecule has 4 nitrogen and oxygen atoms in total. The molecule has 1 aliphatic carbocycles. The molecule has 1 saturated heterocycles. The van der Waals surface area contributed by atoms with E-state index >= 15 is 0 Å². The number of aliphatic hydroxyl groups excluding tert-OH is 1. The molecule has 0 spiro atoms. The largest absolute Gasteiger partial charge is 0.393 e. The van der Waals surface area contributed by atoms with Crippen LogP contribution in [-0.4, -0.2) is 47.8 Å². The fourth-order valence-corrected chi connectivity index (χ4v) is 3.62. The molecule has 6 heteroatoms. The number of morpholine rings is 1. The zero-order valence-corrected chi connectivity index (χ0v) is 13.1. The van der Waals surface area contributed by atoms with Gasteiger partial charge in [0.15, 0.2) is 0 Å². The maximum absolute atomic E-state index is 14.0. The van der Waals surface area contributed by atoms with Crippen molar-refractivity contribution >= 4 is 5.91 Å². The predicted octanol–water partition coefficient (Wildman–Crippen LogP) is 2.28. The number of aryl methyl sites for hydroxylation is 1. The zero-order chi connectivity index (χ0) is 16.6. The number of carbonyl (C=O) groups excluding carboxylic acids is 1. The lowest BCUT2D eigenvalue weighted by atomic mass is 9.93. The number of carbonyl (C=O) groups is 1. The maximum Gasteiger partial charge on any atom is 0.257 e. The summed E-state index contributed by atoms with van der Waals surface area (Å²) in [7, 11) is 0. The van der Waals surface area contributed by atoms with Crippen molar-refractivity contribution in [3.63, 3.8) is 0 Å². The molecule has 126 valence electrons. The highest BCUT2D eigenvalue weighted by Gasteiger charge is 2.40. The Morgan fingerprint density at radius 3 is 2.78 bits per heavy atom. The number of halogens is 2. The van der Waals surface area contributed by atoms with Crippen molar-refractivity contribution in [2.45, 2.75) is 38.3 Å². The molecule has 2 aliphatic rings. The highest BCUT2D eigenvalue weighted by molar-refractivity contribution is 5.95. The number of ether oxygens (including phenoxy) is 1. The summed E-state index contributed by atoms with van der Waals surface area (Å²) >= 11 is 0. The van der Waals surface area contributed by atoms with E-state index in [1.165, 1.54) is 13.0 Å². The van der Waals surface area contributed by atoms with Gasteiger partial charge in [-0.05, 0) is 31.4 Å². The highest BCUT2D eigenvalue weighted by Crippen LogP contribution is 2.33. The van der Waals surface area contributed by atoms with Crippen LogP contribution in [0.5, 0.6) is 0 Å². The molecule has 3 atom stereocenters. The predicted molar refractivity (Wildman–Crippen MR) is 80.1 cm³/mol. The van der Waals surface area contributed by atoms with E-state index in [2.05, 4.69) is 0 Å². The Morgan fingerprint density at radius 1 is 1.30 bits per heavy atom. The van der Waals surface area contributed by atoms with Gasteiger partial charge in [0.2, 0.25) is 0 Å². The van der Waals surface area contributed by atoms with Crippen LogP contribution in [0.2, 0.25) is 0 Å². The SMILES string of the molecule is Cc1cc(C(=O)N2CCOC[C@@H]2[C@H]2CCC[C@@H]2O)c(F)cc1F. The third-order valence-corrected chi connectivity index (χ3v) is 4.93. The Kier molecular flexibility index (Phi) is 4.64. The second-order valence-electron chi connectivity index (χ2n) is 6.38. The van der Waals surface area contributed by atoms with Gasteiger partial charge in [0.05, 0.1) is 30.9 Å². The summed E-state index contributed by atoms with van der Waals surface area (Å²) in [6.45, 7) is 2.58. The van der Waals surface area contributed by atoms with Crippen molar-refractivity contribution < 1.29 is 23.4 Å². The number of hydrogen-bond donors (Lipinski definition) is 1. The van der Waals surface area contributed by atoms with Crippen LogP contribution in [0.4, 0.5) is 8.78 Å². The van der Waals surface area contributed by atoms with Gasteiger partial charge in [0.25, 0.3) is 5.91 Å². The smallest absolute Gasteiger partial charge is 0.257 e. The molecule has 0 radical (unpaired) electrons. The van der Waals surface area contributed by atoms with Crippen molar-refractivity contribution in [3.8, 4) is 0 Å². The van der Waals surface area contributed by atoms with Crippen LogP contribution in [0.3, 0.4) is 0 Å². The van der Waals surface area contributed by atoms with E-state index in [1.54, 1.807) is 4.90 Å². The summed E-state index contributed by atoms with van der Waals surface area (Å²) < 4.78 is 32.9. The van der Waals surface area contributed by atoms with Gasteiger partial charge in [-0.3, -0.25) is 4.79 Å². The maximum atomic E-state index is 14.0. The van der Waals surface area contributed by atoms with E-state index in [4.69, 9.17) is 4.74 Å². The molecule has 1 N–H and O–H groups in total. The van der Waals surface area contributed by atoms with E-state index in [0.717, 1.165) is 18.9 Å². The van der Waals surface area contributed by atoms with E-state index in [-0.39, 0.29) is 23.1 Å². The number of aliphatic hydroxyl groups is 1. The van der Waals surface area contributed by atoms with E-state index in [9.17, 15) is 18.7 Å². The third kappa shape index (κ3) is 3.10. The normalized spacial score (nSPS) is 28.2. The lowest BCUT2D eigenvalue weighted by Crippen LogP contribution is -2.53. The molecule has 2 fully saturated rings. The number of rotatable bonds is 2. The van der Waals surface area contributed by atoms with Crippen LogP contribution < -0.4 is 0 Å². The summed E-state index contributed by atoms with van der Waals surface area (Å²) in [6.07, 6.45) is 1.99. The lowest BCUT2D eigenvalue weighted by molar-refractivity contribution is -0.0385. The first-order chi connectivity index (χ1) is 11.0. The van der Waals surface area contributed by atoms with Gasteiger partial charge in [-0.25, -0.2) is 8.78 Å². The minimum absolute atomic E-state index is 0.0520. The minimum atomic E-state index is -0.852. The number of benzene rings is 1. The number of hydrogen-bond acceptors (Lipinski definition) is 3. The number of amides is 1. The average Bonchev–Trinajstić information content (AvgIpc) is 2.96. The van der Waals surface area contributed by atoms with Gasteiger partial charge in [-0.15, -0.1) is 0 Å². The molecule has 1 amide bonds. The quantitative estimate of drug-likeness (QED) is 0.907. The second kappa shape index (κ2) is 6.53. The van der Waals surface area contributed by atoms with Gasteiger partial charge >= 0.3 is 0 Å². The molecule has 3 rings (SSSR count). The Morgan fingerprint density at radius 2 is 2.09 bits per heavy atom. The van der Waals surface area contributed by atoms with E-state index in [0.29, 0.717) is 26.2 Å². The van der Waals surface area contributed by atoms with E-state index < -0.39 is 23.6 Å². The topological polar surface area (TPSA) is 49.8 Å². The van der Waals surface area contributed by atoms with Crippen LogP contribution in [0.15, 0.2) is 12.1 Å². The summed E-state index contributed by atoms with van der Waals surface area (Å²) in [6, 6.07) is 1.74. The van der Waals surface area contributed by atoms with Crippen molar-refractivity contribution in [1.29, 1.82) is 0 Å². The van der Waals surface area contributed by atoms with Gasteiger partial charge < -0.3 is 14.7 Å². The molecule has 0 unspecified atom stereocenters. The second-order valence-corrected chi connectivity index (χ2v) is 6.38. The van der Waals surface area contributed by atoms with Gasteiger partial charge in [-0.2, -0.15) is 0 Å². The molecular formula is C17H21F2NO3.